The minimum absolute atomic E-state index is 0.0884. The fraction of sp³-hybridized carbons (Fsp3) is 0.227. The molecule has 28 heavy (non-hydrogen) atoms. The van der Waals surface area contributed by atoms with Crippen LogP contribution < -0.4 is 10.1 Å². The van der Waals surface area contributed by atoms with E-state index in [1.54, 1.807) is 0 Å². The molecular formula is C22H22N4O2. The minimum atomic E-state index is -0.0884. The van der Waals surface area contributed by atoms with E-state index in [4.69, 9.17) is 4.74 Å². The summed E-state index contributed by atoms with van der Waals surface area (Å²) in [6, 6.07) is 21.3. The minimum Gasteiger partial charge on any atom is -0.437 e. The van der Waals surface area contributed by atoms with E-state index in [-0.39, 0.29) is 5.91 Å². The Hall–Kier alpha value is -3.25. The molecule has 1 aliphatic rings. The van der Waals surface area contributed by atoms with Crippen LogP contribution in [-0.2, 0) is 6.42 Å². The van der Waals surface area contributed by atoms with E-state index in [9.17, 15) is 4.79 Å². The van der Waals surface area contributed by atoms with Crippen molar-refractivity contribution in [3.05, 3.63) is 83.6 Å². The molecular weight excluding hydrogens is 352 g/mol. The predicted octanol–water partition coefficient (Wildman–Crippen LogP) is 2.91. The number of piperazine rings is 1. The lowest BCUT2D eigenvalue weighted by Crippen LogP contribution is -2.46. The molecule has 0 unspecified atom stereocenters. The first-order valence-electron chi connectivity index (χ1n) is 9.43. The van der Waals surface area contributed by atoms with E-state index >= 15 is 0 Å². The summed E-state index contributed by atoms with van der Waals surface area (Å²) in [6.45, 7) is 2.95. The molecule has 4 rings (SSSR count). The quantitative estimate of drug-likeness (QED) is 0.744. The number of rotatable bonds is 5. The monoisotopic (exact) mass is 374 g/mol. The van der Waals surface area contributed by atoms with Gasteiger partial charge in [-0.1, -0.05) is 48.5 Å². The van der Waals surface area contributed by atoms with Crippen molar-refractivity contribution in [1.82, 2.24) is 20.4 Å². The molecule has 1 N–H and O–H groups in total. The van der Waals surface area contributed by atoms with Gasteiger partial charge >= 0.3 is 0 Å². The van der Waals surface area contributed by atoms with Gasteiger partial charge in [0, 0.05) is 38.2 Å². The summed E-state index contributed by atoms with van der Waals surface area (Å²) >= 11 is 0. The lowest BCUT2D eigenvalue weighted by Gasteiger charge is -2.27. The number of carbonyl (C=O) groups is 1. The Morgan fingerprint density at radius 1 is 0.964 bits per heavy atom. The van der Waals surface area contributed by atoms with Crippen LogP contribution in [0.5, 0.6) is 11.6 Å². The molecule has 3 aromatic rings. The maximum Gasteiger partial charge on any atom is 0.274 e. The standard InChI is InChI=1S/C22H22N4O2/c27-22(26-13-11-23-12-14-26)20-16-18(15-17-7-3-1-4-8-17)21(25-24-20)28-19-9-5-2-6-10-19/h1-10,16,23H,11-15H2. The third-order valence-corrected chi connectivity index (χ3v) is 4.65. The SMILES string of the molecule is O=C(c1cc(Cc2ccccc2)c(Oc2ccccc2)nn1)N1CCNCC1. The fourth-order valence-electron chi connectivity index (χ4n) is 3.18. The number of ether oxygens (including phenoxy) is 1. The average Bonchev–Trinajstić information content (AvgIpc) is 2.76. The van der Waals surface area contributed by atoms with Crippen LogP contribution in [0.1, 0.15) is 21.6 Å². The predicted molar refractivity (Wildman–Crippen MR) is 107 cm³/mol. The molecule has 2 aromatic carbocycles. The van der Waals surface area contributed by atoms with Crippen LogP contribution in [0.15, 0.2) is 66.7 Å². The first kappa shape index (κ1) is 18.1. The van der Waals surface area contributed by atoms with Gasteiger partial charge in [-0.05, 0) is 23.8 Å². The number of benzene rings is 2. The number of nitrogens with one attached hydrogen (secondary N) is 1. The third kappa shape index (κ3) is 4.35. The summed E-state index contributed by atoms with van der Waals surface area (Å²) in [5.74, 6) is 1.02. The lowest BCUT2D eigenvalue weighted by molar-refractivity contribution is 0.0728. The summed E-state index contributed by atoms with van der Waals surface area (Å²) < 4.78 is 5.95. The van der Waals surface area contributed by atoms with Gasteiger partial charge in [0.2, 0.25) is 5.88 Å². The van der Waals surface area contributed by atoms with Crippen LogP contribution in [0.25, 0.3) is 0 Å². The second-order valence-corrected chi connectivity index (χ2v) is 6.68. The van der Waals surface area contributed by atoms with Crippen LogP contribution >= 0.6 is 0 Å². The van der Waals surface area contributed by atoms with Crippen molar-refractivity contribution in [3.8, 4) is 11.6 Å². The molecule has 2 heterocycles. The second kappa shape index (κ2) is 8.63. The number of hydrogen-bond donors (Lipinski definition) is 1. The molecule has 6 heteroatoms. The molecule has 0 spiro atoms. The van der Waals surface area contributed by atoms with E-state index in [0.29, 0.717) is 36.8 Å². The third-order valence-electron chi connectivity index (χ3n) is 4.65. The molecule has 1 aliphatic heterocycles. The zero-order chi connectivity index (χ0) is 19.2. The summed E-state index contributed by atoms with van der Waals surface area (Å²) in [6.07, 6.45) is 0.611. The molecule has 1 amide bonds. The molecule has 0 bridgehead atoms. The van der Waals surface area contributed by atoms with Crippen LogP contribution in [0.4, 0.5) is 0 Å². The number of hydrogen-bond acceptors (Lipinski definition) is 5. The van der Waals surface area contributed by atoms with Gasteiger partial charge in [0.05, 0.1) is 0 Å². The van der Waals surface area contributed by atoms with Gasteiger partial charge in [-0.3, -0.25) is 4.79 Å². The van der Waals surface area contributed by atoms with E-state index in [0.717, 1.165) is 24.2 Å². The summed E-state index contributed by atoms with van der Waals surface area (Å²) in [5, 5.41) is 11.7. The van der Waals surface area contributed by atoms with Gasteiger partial charge in [-0.25, -0.2) is 0 Å². The van der Waals surface area contributed by atoms with Crippen LogP contribution in [0, 0.1) is 0 Å². The Morgan fingerprint density at radius 3 is 2.36 bits per heavy atom. The number of aromatic nitrogens is 2. The second-order valence-electron chi connectivity index (χ2n) is 6.68. The van der Waals surface area contributed by atoms with Crippen molar-refractivity contribution >= 4 is 5.91 Å². The van der Waals surface area contributed by atoms with Crippen LogP contribution in [-0.4, -0.2) is 47.2 Å². The maximum absolute atomic E-state index is 12.8. The Morgan fingerprint density at radius 2 is 1.64 bits per heavy atom. The van der Waals surface area contributed by atoms with Crippen molar-refractivity contribution in [1.29, 1.82) is 0 Å². The topological polar surface area (TPSA) is 67.3 Å². The summed E-state index contributed by atoms with van der Waals surface area (Å²) in [5.41, 5.74) is 2.31. The first-order chi connectivity index (χ1) is 13.8. The van der Waals surface area contributed by atoms with E-state index in [2.05, 4.69) is 15.5 Å². The van der Waals surface area contributed by atoms with Gasteiger partial charge in [0.15, 0.2) is 5.69 Å². The number of carbonyl (C=O) groups excluding carboxylic acids is 1. The lowest BCUT2D eigenvalue weighted by atomic mass is 10.1. The molecule has 0 aliphatic carbocycles. The highest BCUT2D eigenvalue weighted by Gasteiger charge is 2.21. The van der Waals surface area contributed by atoms with Crippen molar-refractivity contribution < 1.29 is 9.53 Å². The largest absolute Gasteiger partial charge is 0.437 e. The van der Waals surface area contributed by atoms with Gasteiger partial charge in [0.25, 0.3) is 5.91 Å². The molecule has 0 saturated carbocycles. The fourth-order valence-corrected chi connectivity index (χ4v) is 3.18. The molecule has 0 atom stereocenters. The average molecular weight is 374 g/mol. The van der Waals surface area contributed by atoms with E-state index in [1.807, 2.05) is 71.6 Å². The Kier molecular flexibility index (Phi) is 5.58. The highest BCUT2D eigenvalue weighted by atomic mass is 16.5. The number of nitrogens with zero attached hydrogens (tertiary/aromatic N) is 3. The van der Waals surface area contributed by atoms with E-state index < -0.39 is 0 Å². The zero-order valence-electron chi connectivity index (χ0n) is 15.5. The molecule has 142 valence electrons. The normalized spacial score (nSPS) is 13.9. The molecule has 1 fully saturated rings. The highest BCUT2D eigenvalue weighted by molar-refractivity contribution is 5.92. The molecule has 6 nitrogen and oxygen atoms in total. The van der Waals surface area contributed by atoms with Crippen molar-refractivity contribution in [2.45, 2.75) is 6.42 Å². The maximum atomic E-state index is 12.8. The Labute approximate surface area is 164 Å². The summed E-state index contributed by atoms with van der Waals surface area (Å²) in [4.78, 5) is 14.6. The Balaban J connectivity index is 1.64. The van der Waals surface area contributed by atoms with Gasteiger partial charge < -0.3 is 15.0 Å². The van der Waals surface area contributed by atoms with Gasteiger partial charge in [0.1, 0.15) is 5.75 Å². The van der Waals surface area contributed by atoms with Gasteiger partial charge in [-0.15, -0.1) is 10.2 Å². The molecule has 1 aromatic heterocycles. The van der Waals surface area contributed by atoms with E-state index in [1.165, 1.54) is 0 Å². The smallest absolute Gasteiger partial charge is 0.274 e. The Bertz CT molecular complexity index is 926. The zero-order valence-corrected chi connectivity index (χ0v) is 15.5. The molecule has 0 radical (unpaired) electrons. The number of amides is 1. The van der Waals surface area contributed by atoms with Crippen molar-refractivity contribution in [2.24, 2.45) is 0 Å². The van der Waals surface area contributed by atoms with Crippen molar-refractivity contribution in [2.75, 3.05) is 26.2 Å². The summed E-state index contributed by atoms with van der Waals surface area (Å²) in [7, 11) is 0. The van der Waals surface area contributed by atoms with Crippen molar-refractivity contribution in [3.63, 3.8) is 0 Å². The molecule has 1 saturated heterocycles. The van der Waals surface area contributed by atoms with Crippen LogP contribution in [0.3, 0.4) is 0 Å². The number of para-hydroxylation sites is 1. The van der Waals surface area contributed by atoms with Gasteiger partial charge in [-0.2, -0.15) is 0 Å². The highest BCUT2D eigenvalue weighted by Crippen LogP contribution is 2.25. The van der Waals surface area contributed by atoms with Crippen LogP contribution in [0.2, 0.25) is 0 Å². The first-order valence-corrected chi connectivity index (χ1v) is 9.43.